The SMILES string of the molecule is CC(CCN)S(=O)CCCN1CCCC1. The van der Waals surface area contributed by atoms with Gasteiger partial charge in [-0.1, -0.05) is 6.92 Å². The molecule has 2 unspecified atom stereocenters. The van der Waals surface area contributed by atoms with Crippen molar-refractivity contribution in [3.8, 4) is 0 Å². The van der Waals surface area contributed by atoms with E-state index >= 15 is 0 Å². The molecule has 90 valence electrons. The van der Waals surface area contributed by atoms with Crippen molar-refractivity contribution in [2.24, 2.45) is 5.73 Å². The second-order valence-electron chi connectivity index (χ2n) is 4.38. The largest absolute Gasteiger partial charge is 0.330 e. The topological polar surface area (TPSA) is 46.3 Å². The van der Waals surface area contributed by atoms with Crippen LogP contribution >= 0.6 is 0 Å². The first-order valence-electron chi connectivity index (χ1n) is 6.03. The summed E-state index contributed by atoms with van der Waals surface area (Å²) in [5.41, 5.74) is 5.45. The van der Waals surface area contributed by atoms with Gasteiger partial charge in [-0.2, -0.15) is 0 Å². The van der Waals surface area contributed by atoms with Crippen LogP contribution in [0, 0.1) is 0 Å². The maximum atomic E-state index is 11.7. The minimum atomic E-state index is -0.671. The Labute approximate surface area is 95.9 Å². The molecule has 3 nitrogen and oxygen atoms in total. The lowest BCUT2D eigenvalue weighted by molar-refractivity contribution is 0.340. The highest BCUT2D eigenvalue weighted by Gasteiger charge is 2.13. The molecule has 1 fully saturated rings. The number of nitrogens with zero attached hydrogens (tertiary/aromatic N) is 1. The minimum absolute atomic E-state index is 0.272. The molecule has 1 rings (SSSR count). The van der Waals surface area contributed by atoms with Crippen LogP contribution in [0.1, 0.15) is 32.6 Å². The van der Waals surface area contributed by atoms with E-state index in [1.807, 2.05) is 6.92 Å². The molecule has 0 saturated carbocycles. The van der Waals surface area contributed by atoms with Gasteiger partial charge in [0.2, 0.25) is 0 Å². The van der Waals surface area contributed by atoms with Crippen LogP contribution < -0.4 is 5.73 Å². The highest BCUT2D eigenvalue weighted by atomic mass is 32.2. The third kappa shape index (κ3) is 5.09. The standard InChI is InChI=1S/C11H24N2OS/c1-11(5-6-12)15(14)10-4-9-13-7-2-3-8-13/h11H,2-10,12H2,1H3. The molecule has 2 atom stereocenters. The molecular weight excluding hydrogens is 208 g/mol. The Morgan fingerprint density at radius 2 is 2.07 bits per heavy atom. The number of rotatable bonds is 7. The summed E-state index contributed by atoms with van der Waals surface area (Å²) in [6.45, 7) is 6.30. The summed E-state index contributed by atoms with van der Waals surface area (Å²) in [7, 11) is -0.671. The van der Waals surface area contributed by atoms with Gasteiger partial charge in [0.15, 0.2) is 0 Å². The highest BCUT2D eigenvalue weighted by Crippen LogP contribution is 2.08. The first-order valence-corrected chi connectivity index (χ1v) is 7.42. The number of hydrogen-bond acceptors (Lipinski definition) is 3. The Morgan fingerprint density at radius 3 is 2.67 bits per heavy atom. The van der Waals surface area contributed by atoms with Crippen molar-refractivity contribution in [1.29, 1.82) is 0 Å². The second-order valence-corrected chi connectivity index (χ2v) is 6.35. The molecule has 2 N–H and O–H groups in total. The molecule has 0 radical (unpaired) electrons. The normalized spacial score (nSPS) is 21.7. The average molecular weight is 232 g/mol. The summed E-state index contributed by atoms with van der Waals surface area (Å²) < 4.78 is 11.7. The molecule has 0 aromatic heterocycles. The lowest BCUT2D eigenvalue weighted by Crippen LogP contribution is -2.24. The highest BCUT2D eigenvalue weighted by molar-refractivity contribution is 7.85. The fraction of sp³-hybridized carbons (Fsp3) is 1.00. The van der Waals surface area contributed by atoms with Gasteiger partial charge in [0, 0.05) is 21.8 Å². The average Bonchev–Trinajstić information content (AvgIpc) is 2.71. The van der Waals surface area contributed by atoms with Crippen molar-refractivity contribution in [2.75, 3.05) is 31.9 Å². The molecule has 0 aromatic rings. The minimum Gasteiger partial charge on any atom is -0.330 e. The van der Waals surface area contributed by atoms with Crippen molar-refractivity contribution in [2.45, 2.75) is 37.9 Å². The van der Waals surface area contributed by atoms with E-state index in [9.17, 15) is 4.21 Å². The monoisotopic (exact) mass is 232 g/mol. The van der Waals surface area contributed by atoms with Crippen molar-refractivity contribution in [3.63, 3.8) is 0 Å². The van der Waals surface area contributed by atoms with Crippen LogP contribution in [0.4, 0.5) is 0 Å². The van der Waals surface area contributed by atoms with Gasteiger partial charge < -0.3 is 10.6 Å². The number of nitrogens with two attached hydrogens (primary N) is 1. The van der Waals surface area contributed by atoms with Crippen molar-refractivity contribution < 1.29 is 4.21 Å². The van der Waals surface area contributed by atoms with Crippen LogP contribution in [0.2, 0.25) is 0 Å². The van der Waals surface area contributed by atoms with Crippen LogP contribution in [0.3, 0.4) is 0 Å². The molecule has 0 amide bonds. The quantitative estimate of drug-likeness (QED) is 0.711. The Hall–Kier alpha value is 0.0700. The second kappa shape index (κ2) is 7.36. The summed E-state index contributed by atoms with van der Waals surface area (Å²) in [6, 6.07) is 0. The molecular formula is C11H24N2OS. The first-order chi connectivity index (χ1) is 7.24. The van der Waals surface area contributed by atoms with Gasteiger partial charge >= 0.3 is 0 Å². The smallest absolute Gasteiger partial charge is 0.0331 e. The van der Waals surface area contributed by atoms with Crippen LogP contribution in [-0.2, 0) is 10.8 Å². The van der Waals surface area contributed by atoms with Crippen LogP contribution in [-0.4, -0.2) is 46.3 Å². The van der Waals surface area contributed by atoms with E-state index in [1.54, 1.807) is 0 Å². The maximum Gasteiger partial charge on any atom is 0.0331 e. The van der Waals surface area contributed by atoms with Gasteiger partial charge in [0.05, 0.1) is 0 Å². The Bertz CT molecular complexity index is 193. The molecule has 0 aromatic carbocycles. The third-order valence-electron chi connectivity index (χ3n) is 3.04. The molecule has 1 aliphatic rings. The van der Waals surface area contributed by atoms with Gasteiger partial charge in [-0.3, -0.25) is 4.21 Å². The van der Waals surface area contributed by atoms with E-state index in [-0.39, 0.29) is 5.25 Å². The fourth-order valence-corrected chi connectivity index (χ4v) is 3.22. The van der Waals surface area contributed by atoms with E-state index < -0.39 is 10.8 Å². The van der Waals surface area contributed by atoms with Gasteiger partial charge in [-0.05, 0) is 51.9 Å². The predicted octanol–water partition coefficient (Wildman–Crippen LogP) is 0.958. The van der Waals surface area contributed by atoms with E-state index in [4.69, 9.17) is 5.73 Å². The predicted molar refractivity (Wildman–Crippen MR) is 66.4 cm³/mol. The van der Waals surface area contributed by atoms with E-state index in [0.717, 1.165) is 25.1 Å². The summed E-state index contributed by atoms with van der Waals surface area (Å²) in [5.74, 6) is 0.845. The molecule has 0 aliphatic carbocycles. The zero-order valence-electron chi connectivity index (χ0n) is 9.78. The van der Waals surface area contributed by atoms with Crippen molar-refractivity contribution in [3.05, 3.63) is 0 Å². The molecule has 0 spiro atoms. The lowest BCUT2D eigenvalue weighted by Gasteiger charge is -2.15. The van der Waals surface area contributed by atoms with E-state index in [0.29, 0.717) is 6.54 Å². The molecule has 1 heterocycles. The zero-order chi connectivity index (χ0) is 11.1. The molecule has 15 heavy (non-hydrogen) atoms. The summed E-state index contributed by atoms with van der Waals surface area (Å²) >= 11 is 0. The first kappa shape index (κ1) is 13.1. The van der Waals surface area contributed by atoms with Crippen molar-refractivity contribution in [1.82, 2.24) is 4.90 Å². The Balaban J connectivity index is 2.05. The lowest BCUT2D eigenvalue weighted by atomic mass is 10.3. The number of hydrogen-bond donors (Lipinski definition) is 1. The Morgan fingerprint density at radius 1 is 1.40 bits per heavy atom. The van der Waals surface area contributed by atoms with Gasteiger partial charge in [0.1, 0.15) is 0 Å². The van der Waals surface area contributed by atoms with E-state index in [2.05, 4.69) is 4.90 Å². The molecule has 1 aliphatic heterocycles. The summed E-state index contributed by atoms with van der Waals surface area (Å²) in [5, 5.41) is 0.272. The summed E-state index contributed by atoms with van der Waals surface area (Å²) in [6.07, 6.45) is 4.64. The van der Waals surface area contributed by atoms with Gasteiger partial charge in [-0.15, -0.1) is 0 Å². The molecule has 4 heteroatoms. The van der Waals surface area contributed by atoms with Crippen LogP contribution in [0.25, 0.3) is 0 Å². The summed E-state index contributed by atoms with van der Waals surface area (Å²) in [4.78, 5) is 2.48. The van der Waals surface area contributed by atoms with Crippen LogP contribution in [0.5, 0.6) is 0 Å². The van der Waals surface area contributed by atoms with Crippen molar-refractivity contribution >= 4 is 10.8 Å². The fourth-order valence-electron chi connectivity index (χ4n) is 2.00. The third-order valence-corrected chi connectivity index (χ3v) is 4.86. The van der Waals surface area contributed by atoms with Crippen LogP contribution in [0.15, 0.2) is 0 Å². The zero-order valence-corrected chi connectivity index (χ0v) is 10.6. The maximum absolute atomic E-state index is 11.7. The molecule has 0 bridgehead atoms. The van der Waals surface area contributed by atoms with Gasteiger partial charge in [-0.25, -0.2) is 0 Å². The number of likely N-dealkylation sites (tertiary alicyclic amines) is 1. The molecule has 1 saturated heterocycles. The van der Waals surface area contributed by atoms with E-state index in [1.165, 1.54) is 25.9 Å². The van der Waals surface area contributed by atoms with Gasteiger partial charge in [0.25, 0.3) is 0 Å². The Kier molecular flexibility index (Phi) is 6.45.